The summed E-state index contributed by atoms with van der Waals surface area (Å²) in [5.74, 6) is 0.417. The average molecular weight is 313 g/mol. The molecule has 1 aliphatic rings. The van der Waals surface area contributed by atoms with E-state index in [1.54, 1.807) is 0 Å². The molecule has 1 fully saturated rings. The minimum atomic E-state index is -0.454. The summed E-state index contributed by atoms with van der Waals surface area (Å²) < 4.78 is 0. The van der Waals surface area contributed by atoms with Crippen molar-refractivity contribution in [3.63, 3.8) is 0 Å². The van der Waals surface area contributed by atoms with Gasteiger partial charge in [-0.2, -0.15) is 0 Å². The van der Waals surface area contributed by atoms with Crippen LogP contribution in [0, 0.1) is 11.3 Å². The van der Waals surface area contributed by atoms with Gasteiger partial charge in [-0.05, 0) is 24.2 Å². The summed E-state index contributed by atoms with van der Waals surface area (Å²) in [6, 6.07) is 0. The Labute approximate surface area is 135 Å². The van der Waals surface area contributed by atoms with E-state index in [1.165, 1.54) is 19.3 Å². The Bertz CT molecular complexity index is 365. The molecule has 0 aromatic rings. The number of nitrogens with one attached hydrogen (secondary N) is 1. The van der Waals surface area contributed by atoms with E-state index in [1.807, 2.05) is 0 Å². The Morgan fingerprint density at radius 2 is 1.67 bits per heavy atom. The summed E-state index contributed by atoms with van der Waals surface area (Å²) in [6.45, 7) is 8.64. The molecule has 1 atom stereocenters. The molecule has 1 aliphatic carbocycles. The Kier molecular flexibility index (Phi) is 6.64. The van der Waals surface area contributed by atoms with E-state index < -0.39 is 5.54 Å². The summed E-state index contributed by atoms with van der Waals surface area (Å²) in [5, 5.41) is 3.20. The van der Waals surface area contributed by atoms with Crippen LogP contribution in [0.25, 0.3) is 0 Å². The van der Waals surface area contributed by atoms with Gasteiger partial charge in [0.05, 0.1) is 10.5 Å². The zero-order chi connectivity index (χ0) is 16.1. The van der Waals surface area contributed by atoms with Gasteiger partial charge in [0, 0.05) is 6.42 Å². The zero-order valence-corrected chi connectivity index (χ0v) is 14.9. The molecule has 0 aromatic heterocycles. The summed E-state index contributed by atoms with van der Waals surface area (Å²) in [7, 11) is 0. The van der Waals surface area contributed by atoms with E-state index >= 15 is 0 Å². The molecule has 4 heteroatoms. The van der Waals surface area contributed by atoms with E-state index in [2.05, 4.69) is 33.0 Å². The van der Waals surface area contributed by atoms with Crippen LogP contribution in [0.4, 0.5) is 0 Å². The summed E-state index contributed by atoms with van der Waals surface area (Å²) >= 11 is 5.30. The largest absolute Gasteiger partial charge is 0.391 e. The number of hydrogen-bond donors (Lipinski definition) is 2. The van der Waals surface area contributed by atoms with Gasteiger partial charge >= 0.3 is 0 Å². The molecule has 1 rings (SSSR count). The molecule has 0 aromatic carbocycles. The van der Waals surface area contributed by atoms with Gasteiger partial charge in [0.1, 0.15) is 0 Å². The molecule has 21 heavy (non-hydrogen) atoms. The van der Waals surface area contributed by atoms with Gasteiger partial charge < -0.3 is 11.1 Å². The van der Waals surface area contributed by atoms with Crippen molar-refractivity contribution in [3.05, 3.63) is 0 Å². The molecule has 122 valence electrons. The molecule has 1 amide bonds. The number of nitrogens with two attached hydrogens (primary N) is 1. The normalized spacial score (nSPS) is 21.0. The number of carbonyl (C=O) groups excluding carboxylic acids is 1. The van der Waals surface area contributed by atoms with E-state index in [-0.39, 0.29) is 11.3 Å². The second-order valence-electron chi connectivity index (χ2n) is 7.73. The maximum Gasteiger partial charge on any atom is 0.221 e. The van der Waals surface area contributed by atoms with E-state index in [4.69, 9.17) is 18.0 Å². The molecule has 1 saturated carbocycles. The van der Waals surface area contributed by atoms with Crippen LogP contribution in [-0.4, -0.2) is 16.4 Å². The predicted molar refractivity (Wildman–Crippen MR) is 93.2 cm³/mol. The van der Waals surface area contributed by atoms with Gasteiger partial charge in [-0.1, -0.05) is 72.0 Å². The third kappa shape index (κ3) is 5.57. The van der Waals surface area contributed by atoms with Crippen molar-refractivity contribution in [1.82, 2.24) is 5.32 Å². The van der Waals surface area contributed by atoms with Crippen LogP contribution in [0.5, 0.6) is 0 Å². The maximum atomic E-state index is 12.4. The summed E-state index contributed by atoms with van der Waals surface area (Å²) in [5.41, 5.74) is 5.68. The first-order chi connectivity index (χ1) is 9.67. The van der Waals surface area contributed by atoms with E-state index in [0.29, 0.717) is 17.3 Å². The van der Waals surface area contributed by atoms with Crippen LogP contribution in [0.2, 0.25) is 0 Å². The molecule has 3 nitrogen and oxygen atoms in total. The van der Waals surface area contributed by atoms with Gasteiger partial charge in [0.2, 0.25) is 5.91 Å². The third-order valence-corrected chi connectivity index (χ3v) is 5.42. The molecular weight excluding hydrogens is 280 g/mol. The van der Waals surface area contributed by atoms with Crippen molar-refractivity contribution < 1.29 is 4.79 Å². The van der Waals surface area contributed by atoms with Gasteiger partial charge in [0.15, 0.2) is 0 Å². The third-order valence-electron chi connectivity index (χ3n) is 5.03. The number of rotatable bonds is 4. The Morgan fingerprint density at radius 3 is 2.10 bits per heavy atom. The molecule has 0 radical (unpaired) electrons. The lowest BCUT2D eigenvalue weighted by Gasteiger charge is -2.36. The van der Waals surface area contributed by atoms with Gasteiger partial charge in [-0.3, -0.25) is 4.79 Å². The first-order valence-electron chi connectivity index (χ1n) is 8.28. The average Bonchev–Trinajstić information content (AvgIpc) is 2.31. The van der Waals surface area contributed by atoms with Crippen LogP contribution in [0.1, 0.15) is 79.1 Å². The van der Waals surface area contributed by atoms with Crippen molar-refractivity contribution in [1.29, 1.82) is 0 Å². The maximum absolute atomic E-state index is 12.4. The topological polar surface area (TPSA) is 55.1 Å². The van der Waals surface area contributed by atoms with Crippen LogP contribution < -0.4 is 11.1 Å². The van der Waals surface area contributed by atoms with Gasteiger partial charge in [0.25, 0.3) is 0 Å². The van der Waals surface area contributed by atoms with Crippen molar-refractivity contribution >= 4 is 23.1 Å². The molecule has 0 heterocycles. The highest BCUT2D eigenvalue weighted by molar-refractivity contribution is 7.80. The Morgan fingerprint density at radius 1 is 1.19 bits per heavy atom. The van der Waals surface area contributed by atoms with Crippen LogP contribution in [0.15, 0.2) is 0 Å². The van der Waals surface area contributed by atoms with Gasteiger partial charge in [-0.25, -0.2) is 0 Å². The lowest BCUT2D eigenvalue weighted by Crippen LogP contribution is -2.57. The fourth-order valence-corrected chi connectivity index (χ4v) is 3.10. The SMILES string of the molecule is CC(CC(=O)NC1(C(N)=S)CCCCCCC1)C(C)(C)C. The second kappa shape index (κ2) is 7.57. The predicted octanol–water partition coefficient (Wildman–Crippen LogP) is 3.94. The highest BCUT2D eigenvalue weighted by Gasteiger charge is 2.35. The molecular formula is C17H32N2OS. The second-order valence-corrected chi connectivity index (χ2v) is 8.17. The quantitative estimate of drug-likeness (QED) is 0.773. The van der Waals surface area contributed by atoms with Gasteiger partial charge in [-0.15, -0.1) is 0 Å². The molecule has 0 bridgehead atoms. The molecule has 0 aliphatic heterocycles. The summed E-state index contributed by atoms with van der Waals surface area (Å²) in [6.07, 6.45) is 8.18. The van der Waals surface area contributed by atoms with Crippen molar-refractivity contribution in [3.8, 4) is 0 Å². The lowest BCUT2D eigenvalue weighted by molar-refractivity contribution is -0.124. The van der Waals surface area contributed by atoms with E-state index in [0.717, 1.165) is 25.7 Å². The van der Waals surface area contributed by atoms with Crippen LogP contribution in [0.3, 0.4) is 0 Å². The fourth-order valence-electron chi connectivity index (χ4n) is 2.84. The number of hydrogen-bond acceptors (Lipinski definition) is 2. The highest BCUT2D eigenvalue weighted by Crippen LogP contribution is 2.30. The van der Waals surface area contributed by atoms with E-state index in [9.17, 15) is 4.79 Å². The minimum absolute atomic E-state index is 0.0887. The van der Waals surface area contributed by atoms with Crippen molar-refractivity contribution in [2.24, 2.45) is 17.1 Å². The molecule has 0 saturated heterocycles. The standard InChI is InChI=1S/C17H32N2OS/c1-13(16(2,3)4)12-14(20)19-17(15(18)21)10-8-6-5-7-9-11-17/h13H,5-12H2,1-4H3,(H2,18,21)(H,19,20). The Balaban J connectivity index is 2.73. The fraction of sp³-hybridized carbons (Fsp3) is 0.882. The molecule has 0 spiro atoms. The van der Waals surface area contributed by atoms with Crippen molar-refractivity contribution in [2.75, 3.05) is 0 Å². The smallest absolute Gasteiger partial charge is 0.221 e. The van der Waals surface area contributed by atoms with Crippen LogP contribution >= 0.6 is 12.2 Å². The van der Waals surface area contributed by atoms with Crippen LogP contribution in [-0.2, 0) is 4.79 Å². The molecule has 3 N–H and O–H groups in total. The highest BCUT2D eigenvalue weighted by atomic mass is 32.1. The molecule has 1 unspecified atom stereocenters. The van der Waals surface area contributed by atoms with Crippen molar-refractivity contribution in [2.45, 2.75) is 84.6 Å². The first kappa shape index (κ1) is 18.4. The first-order valence-corrected chi connectivity index (χ1v) is 8.69. The lowest BCUT2D eigenvalue weighted by atomic mass is 9.79. The monoisotopic (exact) mass is 312 g/mol. The minimum Gasteiger partial charge on any atom is -0.391 e. The summed E-state index contributed by atoms with van der Waals surface area (Å²) in [4.78, 5) is 12.9. The number of thiocarbonyl (C=S) groups is 1. The number of carbonyl (C=O) groups is 1. The Hall–Kier alpha value is -0.640. The zero-order valence-electron chi connectivity index (χ0n) is 14.1. The number of amides is 1.